The average molecular weight is 293 g/mol. The van der Waals surface area contributed by atoms with Gasteiger partial charge in [-0.1, -0.05) is 39.0 Å². The molecule has 1 amide bonds. The van der Waals surface area contributed by atoms with E-state index < -0.39 is 17.4 Å². The van der Waals surface area contributed by atoms with Gasteiger partial charge in [0.05, 0.1) is 5.25 Å². The van der Waals surface area contributed by atoms with Crippen molar-refractivity contribution in [3.63, 3.8) is 0 Å². The van der Waals surface area contributed by atoms with E-state index in [-0.39, 0.29) is 11.2 Å². The highest BCUT2D eigenvalue weighted by Crippen LogP contribution is 2.37. The number of carboxylic acids is 1. The number of hydrogen-bond donors (Lipinski definition) is 2. The van der Waals surface area contributed by atoms with Crippen molar-refractivity contribution < 1.29 is 14.7 Å². The Morgan fingerprint density at radius 3 is 2.55 bits per heavy atom. The van der Waals surface area contributed by atoms with Crippen LogP contribution in [0.1, 0.15) is 26.3 Å². The topological polar surface area (TPSA) is 66.4 Å². The standard InChI is InChI=1S/C15H19NO3S/c1-15(2,3)12(14(18)19)16-13(17)11-8-9-6-4-5-7-10(9)20-11/h4-7,11-12H,8H2,1-3H3,(H,16,17)(H,18,19). The summed E-state index contributed by atoms with van der Waals surface area (Å²) in [5.41, 5.74) is 0.637. The molecule has 1 aliphatic heterocycles. The first-order valence-electron chi connectivity index (χ1n) is 6.57. The van der Waals surface area contributed by atoms with Crippen molar-refractivity contribution in [1.82, 2.24) is 5.32 Å². The molecule has 0 fully saturated rings. The molecule has 4 nitrogen and oxygen atoms in total. The van der Waals surface area contributed by atoms with Crippen LogP contribution in [0, 0.1) is 5.41 Å². The molecule has 1 heterocycles. The zero-order valence-electron chi connectivity index (χ0n) is 11.8. The van der Waals surface area contributed by atoms with Crippen LogP contribution in [0.5, 0.6) is 0 Å². The van der Waals surface area contributed by atoms with E-state index in [4.69, 9.17) is 0 Å². The van der Waals surface area contributed by atoms with Gasteiger partial charge >= 0.3 is 5.97 Å². The zero-order chi connectivity index (χ0) is 14.9. The first kappa shape index (κ1) is 14.9. The van der Waals surface area contributed by atoms with Crippen molar-refractivity contribution in [2.24, 2.45) is 5.41 Å². The van der Waals surface area contributed by atoms with E-state index >= 15 is 0 Å². The predicted molar refractivity (Wildman–Crippen MR) is 78.8 cm³/mol. The number of benzene rings is 1. The van der Waals surface area contributed by atoms with Crippen LogP contribution in [0.2, 0.25) is 0 Å². The van der Waals surface area contributed by atoms with Crippen LogP contribution in [-0.2, 0) is 16.0 Å². The second-order valence-corrected chi connectivity index (χ2v) is 7.31. The second kappa shape index (κ2) is 5.48. The zero-order valence-corrected chi connectivity index (χ0v) is 12.7. The number of aliphatic carboxylic acids is 1. The van der Waals surface area contributed by atoms with Crippen molar-refractivity contribution in [3.05, 3.63) is 29.8 Å². The van der Waals surface area contributed by atoms with E-state index in [9.17, 15) is 14.7 Å². The molecule has 0 spiro atoms. The normalized spacial score (nSPS) is 19.2. The number of rotatable bonds is 3. The fraction of sp³-hybridized carbons (Fsp3) is 0.467. The van der Waals surface area contributed by atoms with Gasteiger partial charge in [0.25, 0.3) is 0 Å². The SMILES string of the molecule is CC(C)(C)C(NC(=O)C1Cc2ccccc2S1)C(=O)O. The van der Waals surface area contributed by atoms with Crippen molar-refractivity contribution in [3.8, 4) is 0 Å². The fourth-order valence-corrected chi connectivity index (χ4v) is 3.42. The van der Waals surface area contributed by atoms with Crippen molar-refractivity contribution in [1.29, 1.82) is 0 Å². The van der Waals surface area contributed by atoms with E-state index in [1.807, 2.05) is 45.0 Å². The Morgan fingerprint density at radius 2 is 2.00 bits per heavy atom. The maximum Gasteiger partial charge on any atom is 0.326 e. The maximum absolute atomic E-state index is 12.3. The summed E-state index contributed by atoms with van der Waals surface area (Å²) in [7, 11) is 0. The van der Waals surface area contributed by atoms with Gasteiger partial charge < -0.3 is 10.4 Å². The molecule has 1 aromatic rings. The van der Waals surface area contributed by atoms with E-state index in [0.717, 1.165) is 10.5 Å². The molecule has 108 valence electrons. The van der Waals surface area contributed by atoms with Crippen LogP contribution >= 0.6 is 11.8 Å². The summed E-state index contributed by atoms with van der Waals surface area (Å²) >= 11 is 1.50. The summed E-state index contributed by atoms with van der Waals surface area (Å²) < 4.78 is 0. The Bertz CT molecular complexity index is 511. The van der Waals surface area contributed by atoms with Crippen molar-refractivity contribution in [2.75, 3.05) is 0 Å². The summed E-state index contributed by atoms with van der Waals surface area (Å²) in [5.74, 6) is -1.19. The number of carbonyl (C=O) groups is 2. The van der Waals surface area contributed by atoms with E-state index in [0.29, 0.717) is 6.42 Å². The highest BCUT2D eigenvalue weighted by atomic mass is 32.2. The fourth-order valence-electron chi connectivity index (χ4n) is 2.21. The molecular weight excluding hydrogens is 274 g/mol. The minimum Gasteiger partial charge on any atom is -0.480 e. The molecule has 0 aromatic heterocycles. The summed E-state index contributed by atoms with van der Waals surface area (Å²) in [5, 5.41) is 11.7. The number of thioether (sulfide) groups is 1. The molecular formula is C15H19NO3S. The van der Waals surface area contributed by atoms with Gasteiger partial charge in [-0.3, -0.25) is 4.79 Å². The number of amides is 1. The Hall–Kier alpha value is -1.49. The molecule has 2 rings (SSSR count). The number of carbonyl (C=O) groups excluding carboxylic acids is 1. The lowest BCUT2D eigenvalue weighted by Crippen LogP contribution is -2.51. The van der Waals surface area contributed by atoms with Gasteiger partial charge in [-0.2, -0.15) is 0 Å². The Morgan fingerprint density at radius 1 is 1.35 bits per heavy atom. The molecule has 0 saturated heterocycles. The van der Waals surface area contributed by atoms with Crippen LogP contribution in [0.4, 0.5) is 0 Å². The summed E-state index contributed by atoms with van der Waals surface area (Å²) in [6.07, 6.45) is 0.656. The van der Waals surface area contributed by atoms with E-state index in [2.05, 4.69) is 5.32 Å². The van der Waals surface area contributed by atoms with Gasteiger partial charge in [0, 0.05) is 4.90 Å². The molecule has 2 N–H and O–H groups in total. The Labute approximate surface area is 123 Å². The molecule has 2 atom stereocenters. The van der Waals surface area contributed by atoms with Gasteiger partial charge in [-0.05, 0) is 23.5 Å². The molecule has 0 bridgehead atoms. The van der Waals surface area contributed by atoms with E-state index in [1.165, 1.54) is 11.8 Å². The molecule has 1 aliphatic rings. The van der Waals surface area contributed by atoms with Crippen molar-refractivity contribution in [2.45, 2.75) is 43.4 Å². The van der Waals surface area contributed by atoms with Gasteiger partial charge in [0.1, 0.15) is 6.04 Å². The monoisotopic (exact) mass is 293 g/mol. The van der Waals surface area contributed by atoms with Crippen LogP contribution in [0.15, 0.2) is 29.2 Å². The van der Waals surface area contributed by atoms with Crippen LogP contribution < -0.4 is 5.32 Å². The average Bonchev–Trinajstić information content (AvgIpc) is 2.77. The Balaban J connectivity index is 2.05. The van der Waals surface area contributed by atoms with Gasteiger partial charge in [-0.15, -0.1) is 11.8 Å². The molecule has 5 heteroatoms. The minimum atomic E-state index is -0.994. The van der Waals surface area contributed by atoms with Gasteiger partial charge in [0.2, 0.25) is 5.91 Å². The van der Waals surface area contributed by atoms with Crippen LogP contribution in [-0.4, -0.2) is 28.3 Å². The largest absolute Gasteiger partial charge is 0.480 e. The highest BCUT2D eigenvalue weighted by molar-refractivity contribution is 8.01. The molecule has 0 aliphatic carbocycles. The second-order valence-electron chi connectivity index (χ2n) is 6.06. The summed E-state index contributed by atoms with van der Waals surface area (Å²) in [6.45, 7) is 5.42. The third kappa shape index (κ3) is 3.15. The first-order chi connectivity index (χ1) is 9.29. The van der Waals surface area contributed by atoms with E-state index in [1.54, 1.807) is 0 Å². The highest BCUT2D eigenvalue weighted by Gasteiger charge is 2.36. The molecule has 0 saturated carbocycles. The molecule has 2 unspecified atom stereocenters. The summed E-state index contributed by atoms with van der Waals surface area (Å²) in [4.78, 5) is 24.7. The summed E-state index contributed by atoms with van der Waals surface area (Å²) in [6, 6.07) is 7.02. The lowest BCUT2D eigenvalue weighted by atomic mass is 9.86. The van der Waals surface area contributed by atoms with Crippen molar-refractivity contribution >= 4 is 23.6 Å². The number of fused-ring (bicyclic) bond motifs is 1. The quantitative estimate of drug-likeness (QED) is 0.897. The lowest BCUT2D eigenvalue weighted by molar-refractivity contribution is -0.144. The number of nitrogens with one attached hydrogen (secondary N) is 1. The molecule has 1 aromatic carbocycles. The van der Waals surface area contributed by atoms with Crippen LogP contribution in [0.3, 0.4) is 0 Å². The molecule has 20 heavy (non-hydrogen) atoms. The lowest BCUT2D eigenvalue weighted by Gasteiger charge is -2.28. The van der Waals surface area contributed by atoms with Gasteiger partial charge in [-0.25, -0.2) is 4.79 Å². The Kier molecular flexibility index (Phi) is 4.09. The predicted octanol–water partition coefficient (Wildman–Crippen LogP) is 2.32. The van der Waals surface area contributed by atoms with Gasteiger partial charge in [0.15, 0.2) is 0 Å². The van der Waals surface area contributed by atoms with Crippen LogP contribution in [0.25, 0.3) is 0 Å². The number of carboxylic acid groups (broad SMARTS) is 1. The molecule has 0 radical (unpaired) electrons. The smallest absolute Gasteiger partial charge is 0.326 e. The first-order valence-corrected chi connectivity index (χ1v) is 7.45. The third-order valence-corrected chi connectivity index (χ3v) is 4.66. The number of hydrogen-bond acceptors (Lipinski definition) is 3. The third-order valence-electron chi connectivity index (χ3n) is 3.34. The minimum absolute atomic E-state index is 0.200. The maximum atomic E-state index is 12.3.